The molecule has 3 aromatic heterocycles. The molecule has 1 amide bonds. The number of rotatable bonds is 3. The van der Waals surface area contributed by atoms with Gasteiger partial charge >= 0.3 is 0 Å². The van der Waals surface area contributed by atoms with Crippen LogP contribution in [0, 0.1) is 6.92 Å². The van der Waals surface area contributed by atoms with Gasteiger partial charge in [-0.3, -0.25) is 4.79 Å². The van der Waals surface area contributed by atoms with Crippen LogP contribution in [0.15, 0.2) is 24.3 Å². The van der Waals surface area contributed by atoms with Crippen LogP contribution < -0.4 is 16.0 Å². The Bertz CT molecular complexity index is 1210. The summed E-state index contributed by atoms with van der Waals surface area (Å²) in [5, 5.41) is 4.16. The van der Waals surface area contributed by atoms with E-state index in [1.54, 1.807) is 0 Å². The molecule has 32 heavy (non-hydrogen) atoms. The standard InChI is InChI=1S/C25H29N5OS/c1-15-5-7-18-20(26)21(32-24(18)27-15)23(31)28-17-13-16-6-8-19(30-11-3-2-4-12-30)29-22(16)25(14-17)9-10-25/h5-8,17H,2-4,9-14,26H2,1H3,(H,28,31)/t17-/m1/s1. The van der Waals surface area contributed by atoms with E-state index in [-0.39, 0.29) is 17.4 Å². The predicted octanol–water partition coefficient (Wildman–Crippen LogP) is 4.35. The Balaban J connectivity index is 1.24. The van der Waals surface area contributed by atoms with Crippen molar-refractivity contribution >= 4 is 39.0 Å². The fourth-order valence-electron chi connectivity index (χ4n) is 5.51. The monoisotopic (exact) mass is 447 g/mol. The van der Waals surface area contributed by atoms with E-state index in [4.69, 9.17) is 10.7 Å². The van der Waals surface area contributed by atoms with Gasteiger partial charge in [0.05, 0.1) is 11.4 Å². The van der Waals surface area contributed by atoms with Gasteiger partial charge in [0.25, 0.3) is 5.91 Å². The first-order valence-corrected chi connectivity index (χ1v) is 12.6. The minimum absolute atomic E-state index is 0.0784. The number of piperidine rings is 1. The third kappa shape index (κ3) is 3.34. The molecule has 1 spiro atoms. The molecule has 1 aliphatic heterocycles. The van der Waals surface area contributed by atoms with Gasteiger partial charge in [0.2, 0.25) is 0 Å². The lowest BCUT2D eigenvalue weighted by molar-refractivity contribution is 0.0935. The van der Waals surface area contributed by atoms with E-state index in [2.05, 4.69) is 27.3 Å². The molecule has 4 heterocycles. The second kappa shape index (κ2) is 7.44. The van der Waals surface area contributed by atoms with Gasteiger partial charge in [0.1, 0.15) is 15.5 Å². The van der Waals surface area contributed by atoms with Crippen molar-refractivity contribution < 1.29 is 4.79 Å². The van der Waals surface area contributed by atoms with E-state index in [0.29, 0.717) is 10.6 Å². The lowest BCUT2D eigenvalue weighted by Crippen LogP contribution is -2.42. The van der Waals surface area contributed by atoms with Crippen molar-refractivity contribution in [3.05, 3.63) is 46.1 Å². The average Bonchev–Trinajstić information content (AvgIpc) is 3.49. The van der Waals surface area contributed by atoms with E-state index in [1.807, 2.05) is 19.1 Å². The van der Waals surface area contributed by atoms with Gasteiger partial charge < -0.3 is 16.0 Å². The van der Waals surface area contributed by atoms with Gasteiger partial charge in [-0.1, -0.05) is 6.07 Å². The van der Waals surface area contributed by atoms with Gasteiger partial charge in [-0.15, -0.1) is 11.3 Å². The summed E-state index contributed by atoms with van der Waals surface area (Å²) in [4.78, 5) is 26.7. The summed E-state index contributed by atoms with van der Waals surface area (Å²) in [6, 6.07) is 8.45. The summed E-state index contributed by atoms with van der Waals surface area (Å²) >= 11 is 1.39. The van der Waals surface area contributed by atoms with Crippen LogP contribution in [0.4, 0.5) is 11.5 Å². The van der Waals surface area contributed by atoms with Crippen molar-refractivity contribution in [2.45, 2.75) is 63.3 Å². The van der Waals surface area contributed by atoms with Crippen molar-refractivity contribution in [3.8, 4) is 0 Å². The van der Waals surface area contributed by atoms with Gasteiger partial charge in [0.15, 0.2) is 0 Å². The maximum Gasteiger partial charge on any atom is 0.263 e. The van der Waals surface area contributed by atoms with Gasteiger partial charge in [-0.05, 0) is 75.6 Å². The number of nitrogen functional groups attached to an aromatic ring is 1. The molecule has 2 aliphatic carbocycles. The van der Waals surface area contributed by atoms with Crippen LogP contribution in [0.25, 0.3) is 10.2 Å². The van der Waals surface area contributed by atoms with E-state index < -0.39 is 0 Å². The molecule has 166 valence electrons. The van der Waals surface area contributed by atoms with Gasteiger partial charge in [-0.2, -0.15) is 0 Å². The molecule has 0 aromatic carbocycles. The van der Waals surface area contributed by atoms with Crippen LogP contribution in [0.5, 0.6) is 0 Å². The number of nitrogens with two attached hydrogens (primary N) is 1. The minimum Gasteiger partial charge on any atom is -0.397 e. The Labute approximate surface area is 192 Å². The molecule has 7 heteroatoms. The topological polar surface area (TPSA) is 84.1 Å². The number of aromatic nitrogens is 2. The summed E-state index contributed by atoms with van der Waals surface area (Å²) in [6.45, 7) is 4.18. The van der Waals surface area contributed by atoms with Crippen LogP contribution in [0.2, 0.25) is 0 Å². The van der Waals surface area contributed by atoms with E-state index in [0.717, 1.165) is 60.5 Å². The number of carbonyl (C=O) groups is 1. The number of hydrogen-bond donors (Lipinski definition) is 2. The highest BCUT2D eigenvalue weighted by Crippen LogP contribution is 2.55. The van der Waals surface area contributed by atoms with Gasteiger partial charge in [0, 0.05) is 35.6 Å². The molecule has 0 radical (unpaired) electrons. The maximum absolute atomic E-state index is 13.2. The molecule has 3 aromatic rings. The molecular formula is C25H29N5OS. The number of hydrogen-bond acceptors (Lipinski definition) is 6. The second-order valence-corrected chi connectivity index (χ2v) is 10.7. The van der Waals surface area contributed by atoms with Crippen molar-refractivity contribution in [1.29, 1.82) is 0 Å². The SMILES string of the molecule is Cc1ccc2c(N)c(C(=O)N[C@@H]3Cc4ccc(N5CCCCC5)nc4C4(CC4)C3)sc2n1. The van der Waals surface area contributed by atoms with Crippen LogP contribution in [-0.2, 0) is 11.8 Å². The minimum atomic E-state index is -0.0784. The summed E-state index contributed by atoms with van der Waals surface area (Å²) < 4.78 is 0. The van der Waals surface area contributed by atoms with E-state index >= 15 is 0 Å². The number of nitrogens with zero attached hydrogens (tertiary/aromatic N) is 3. The van der Waals surface area contributed by atoms with Crippen molar-refractivity contribution in [2.75, 3.05) is 23.7 Å². The number of thiophene rings is 1. The number of carbonyl (C=O) groups excluding carboxylic acids is 1. The van der Waals surface area contributed by atoms with Crippen molar-refractivity contribution in [2.24, 2.45) is 0 Å². The molecule has 0 bridgehead atoms. The predicted molar refractivity (Wildman–Crippen MR) is 130 cm³/mol. The molecule has 1 saturated carbocycles. The highest BCUT2D eigenvalue weighted by Gasteiger charge is 2.51. The summed E-state index contributed by atoms with van der Waals surface area (Å²) in [6.07, 6.45) is 7.96. The van der Waals surface area contributed by atoms with Crippen LogP contribution in [0.1, 0.15) is 65.1 Å². The molecule has 6 rings (SSSR count). The van der Waals surface area contributed by atoms with Crippen LogP contribution in [-0.4, -0.2) is 35.0 Å². The third-order valence-electron chi connectivity index (χ3n) is 7.38. The van der Waals surface area contributed by atoms with Crippen LogP contribution in [0.3, 0.4) is 0 Å². The Morgan fingerprint density at radius 1 is 1.16 bits per heavy atom. The Morgan fingerprint density at radius 3 is 2.75 bits per heavy atom. The number of fused-ring (bicyclic) bond motifs is 3. The first kappa shape index (κ1) is 20.0. The van der Waals surface area contributed by atoms with Crippen molar-refractivity contribution in [3.63, 3.8) is 0 Å². The summed E-state index contributed by atoms with van der Waals surface area (Å²) in [7, 11) is 0. The Morgan fingerprint density at radius 2 is 1.97 bits per heavy atom. The molecule has 3 N–H and O–H groups in total. The Hall–Kier alpha value is -2.67. The molecule has 6 nitrogen and oxygen atoms in total. The number of aryl methyl sites for hydroxylation is 1. The Kier molecular flexibility index (Phi) is 4.64. The quantitative estimate of drug-likeness (QED) is 0.624. The molecule has 0 unspecified atom stereocenters. The fourth-order valence-corrected chi connectivity index (χ4v) is 6.55. The van der Waals surface area contributed by atoms with E-state index in [9.17, 15) is 4.79 Å². The fraction of sp³-hybridized carbons (Fsp3) is 0.480. The number of nitrogens with one attached hydrogen (secondary N) is 1. The molecule has 2 fully saturated rings. The summed E-state index contributed by atoms with van der Waals surface area (Å²) in [5.74, 6) is 1.06. The zero-order valence-electron chi connectivity index (χ0n) is 18.5. The highest BCUT2D eigenvalue weighted by molar-refractivity contribution is 7.21. The zero-order chi connectivity index (χ0) is 21.9. The smallest absolute Gasteiger partial charge is 0.263 e. The van der Waals surface area contributed by atoms with Crippen LogP contribution >= 0.6 is 11.3 Å². The summed E-state index contributed by atoms with van der Waals surface area (Å²) in [5.41, 5.74) is 10.5. The molecule has 3 aliphatic rings. The first-order valence-electron chi connectivity index (χ1n) is 11.7. The first-order chi connectivity index (χ1) is 15.5. The molecule has 1 atom stereocenters. The normalized spacial score (nSPS) is 21.5. The zero-order valence-corrected chi connectivity index (χ0v) is 19.3. The second-order valence-electron chi connectivity index (χ2n) is 9.73. The van der Waals surface area contributed by atoms with E-state index in [1.165, 1.54) is 41.9 Å². The largest absolute Gasteiger partial charge is 0.397 e. The third-order valence-corrected chi connectivity index (χ3v) is 8.49. The lowest BCUT2D eigenvalue weighted by Gasteiger charge is -2.34. The van der Waals surface area contributed by atoms with Gasteiger partial charge in [-0.25, -0.2) is 9.97 Å². The number of amides is 1. The molecular weight excluding hydrogens is 418 g/mol. The highest BCUT2D eigenvalue weighted by atomic mass is 32.1. The lowest BCUT2D eigenvalue weighted by atomic mass is 9.80. The number of pyridine rings is 2. The maximum atomic E-state index is 13.2. The molecule has 1 saturated heterocycles. The average molecular weight is 448 g/mol. The number of anilines is 2. The van der Waals surface area contributed by atoms with Crippen molar-refractivity contribution in [1.82, 2.24) is 15.3 Å².